The van der Waals surface area contributed by atoms with E-state index in [4.69, 9.17) is 23.8 Å². The van der Waals surface area contributed by atoms with Gasteiger partial charge >= 0.3 is 0 Å². The first-order valence-electron chi connectivity index (χ1n) is 4.79. The molecular weight excluding hydrogens is 212 g/mol. The van der Waals surface area contributed by atoms with Crippen LogP contribution in [0.1, 0.15) is 26.7 Å². The molecule has 0 aromatic heterocycles. The summed E-state index contributed by atoms with van der Waals surface area (Å²) in [4.78, 5) is 3.70. The Bertz CT molecular complexity index is 359. The number of halogens is 1. The standard InChI is InChI=1S/C11H15ClN2O/c1-4-11(3,8-5-6-8)9(12)10(15)14-7(2)13/h1,8,15H,5-6H2,2-3H3,(H2,13,14)/b10-9-. The SMILES string of the molecule is C#CC(C)(/C(Cl)=C(/O)N=C(C)N)C1CC1. The molecule has 82 valence electrons. The van der Waals surface area contributed by atoms with Crippen LogP contribution in [0.3, 0.4) is 0 Å². The van der Waals surface area contributed by atoms with E-state index in [0.717, 1.165) is 12.8 Å². The summed E-state index contributed by atoms with van der Waals surface area (Å²) in [7, 11) is 0. The summed E-state index contributed by atoms with van der Waals surface area (Å²) >= 11 is 6.04. The van der Waals surface area contributed by atoms with Crippen LogP contribution in [-0.2, 0) is 0 Å². The van der Waals surface area contributed by atoms with Crippen molar-refractivity contribution in [1.82, 2.24) is 0 Å². The maximum absolute atomic E-state index is 9.62. The van der Waals surface area contributed by atoms with Gasteiger partial charge in [-0.05, 0) is 32.6 Å². The van der Waals surface area contributed by atoms with Crippen molar-refractivity contribution < 1.29 is 5.11 Å². The van der Waals surface area contributed by atoms with E-state index in [1.54, 1.807) is 6.92 Å². The lowest BCUT2D eigenvalue weighted by atomic mass is 9.85. The van der Waals surface area contributed by atoms with Crippen molar-refractivity contribution in [1.29, 1.82) is 0 Å². The number of nitrogens with two attached hydrogens (primary N) is 1. The van der Waals surface area contributed by atoms with Gasteiger partial charge in [-0.15, -0.1) is 6.42 Å². The van der Waals surface area contributed by atoms with E-state index in [-0.39, 0.29) is 16.8 Å². The Morgan fingerprint density at radius 2 is 2.20 bits per heavy atom. The van der Waals surface area contributed by atoms with Crippen molar-refractivity contribution in [3.05, 3.63) is 10.9 Å². The van der Waals surface area contributed by atoms with Gasteiger partial charge in [-0.3, -0.25) is 0 Å². The normalized spacial score (nSPS) is 22.7. The fourth-order valence-electron chi connectivity index (χ4n) is 1.47. The number of aliphatic hydroxyl groups is 1. The molecule has 3 N–H and O–H groups in total. The minimum Gasteiger partial charge on any atom is -0.492 e. The zero-order chi connectivity index (χ0) is 11.6. The molecule has 1 aliphatic carbocycles. The van der Waals surface area contributed by atoms with Gasteiger partial charge in [-0.1, -0.05) is 17.5 Å². The van der Waals surface area contributed by atoms with E-state index in [1.807, 2.05) is 6.92 Å². The highest BCUT2D eigenvalue weighted by molar-refractivity contribution is 6.30. The quantitative estimate of drug-likeness (QED) is 0.336. The minimum absolute atomic E-state index is 0.206. The number of hydrogen-bond acceptors (Lipinski definition) is 2. The van der Waals surface area contributed by atoms with Gasteiger partial charge in [0, 0.05) is 0 Å². The molecule has 0 spiro atoms. The third-order valence-corrected chi connectivity index (χ3v) is 3.19. The summed E-state index contributed by atoms with van der Waals surface area (Å²) in [6.07, 6.45) is 7.53. The zero-order valence-corrected chi connectivity index (χ0v) is 9.67. The fourth-order valence-corrected chi connectivity index (χ4v) is 1.72. The topological polar surface area (TPSA) is 58.6 Å². The highest BCUT2D eigenvalue weighted by Gasteiger charge is 2.44. The van der Waals surface area contributed by atoms with Crippen molar-refractivity contribution in [2.45, 2.75) is 26.7 Å². The lowest BCUT2D eigenvalue weighted by molar-refractivity contribution is 0.375. The Balaban J connectivity index is 3.05. The minimum atomic E-state index is -0.620. The van der Waals surface area contributed by atoms with Crippen molar-refractivity contribution in [2.75, 3.05) is 0 Å². The molecule has 3 nitrogen and oxygen atoms in total. The third kappa shape index (κ3) is 2.45. The van der Waals surface area contributed by atoms with Crippen LogP contribution in [0.2, 0.25) is 0 Å². The summed E-state index contributed by atoms with van der Waals surface area (Å²) in [5.41, 5.74) is 4.73. The van der Waals surface area contributed by atoms with Gasteiger partial charge in [0.05, 0.1) is 16.3 Å². The van der Waals surface area contributed by atoms with Crippen LogP contribution >= 0.6 is 11.6 Å². The van der Waals surface area contributed by atoms with Gasteiger partial charge in [0.15, 0.2) is 0 Å². The van der Waals surface area contributed by atoms with Crippen molar-refractivity contribution >= 4 is 17.4 Å². The van der Waals surface area contributed by atoms with Crippen molar-refractivity contribution in [2.24, 2.45) is 22.1 Å². The van der Waals surface area contributed by atoms with E-state index in [0.29, 0.717) is 5.92 Å². The average Bonchev–Trinajstić information content (AvgIpc) is 2.97. The molecular formula is C11H15ClN2O. The second kappa shape index (κ2) is 4.16. The summed E-state index contributed by atoms with van der Waals surface area (Å²) in [6.45, 7) is 3.41. The summed E-state index contributed by atoms with van der Waals surface area (Å²) in [6, 6.07) is 0. The van der Waals surface area contributed by atoms with E-state index < -0.39 is 5.41 Å². The first-order chi connectivity index (χ1) is 6.91. The summed E-state index contributed by atoms with van der Waals surface area (Å²) in [5, 5.41) is 9.82. The Morgan fingerprint density at radius 1 is 1.67 bits per heavy atom. The van der Waals surface area contributed by atoms with Gasteiger partial charge in [-0.25, -0.2) is 4.99 Å². The predicted molar refractivity (Wildman–Crippen MR) is 62.5 cm³/mol. The van der Waals surface area contributed by atoms with E-state index >= 15 is 0 Å². The van der Waals surface area contributed by atoms with Gasteiger partial charge in [0.1, 0.15) is 0 Å². The fraction of sp³-hybridized carbons (Fsp3) is 0.545. The van der Waals surface area contributed by atoms with Crippen LogP contribution in [-0.4, -0.2) is 10.9 Å². The lowest BCUT2D eigenvalue weighted by Crippen LogP contribution is -2.19. The Kier molecular flexibility index (Phi) is 3.31. The number of hydrogen-bond donors (Lipinski definition) is 2. The van der Waals surface area contributed by atoms with Crippen molar-refractivity contribution in [3.8, 4) is 12.3 Å². The smallest absolute Gasteiger partial charge is 0.229 e. The second-order valence-electron chi connectivity index (χ2n) is 4.01. The highest BCUT2D eigenvalue weighted by atomic mass is 35.5. The molecule has 1 rings (SSSR count). The van der Waals surface area contributed by atoms with Gasteiger partial charge in [-0.2, -0.15) is 0 Å². The average molecular weight is 227 g/mol. The molecule has 0 radical (unpaired) electrons. The van der Waals surface area contributed by atoms with E-state index in [9.17, 15) is 5.11 Å². The Labute approximate surface area is 95.0 Å². The van der Waals surface area contributed by atoms with Gasteiger partial charge in [0.25, 0.3) is 0 Å². The largest absolute Gasteiger partial charge is 0.492 e. The molecule has 0 saturated heterocycles. The number of nitrogens with zero attached hydrogens (tertiary/aromatic N) is 1. The predicted octanol–water partition coefficient (Wildman–Crippen LogP) is 2.38. The third-order valence-electron chi connectivity index (χ3n) is 2.63. The van der Waals surface area contributed by atoms with Crippen LogP contribution in [0.5, 0.6) is 0 Å². The molecule has 1 saturated carbocycles. The number of amidine groups is 1. The van der Waals surface area contributed by atoms with Crippen LogP contribution in [0.4, 0.5) is 0 Å². The molecule has 1 unspecified atom stereocenters. The number of aliphatic hydroxyl groups excluding tert-OH is 1. The van der Waals surface area contributed by atoms with Gasteiger partial charge in [0.2, 0.25) is 5.88 Å². The number of rotatable bonds is 3. The second-order valence-corrected chi connectivity index (χ2v) is 4.39. The lowest BCUT2D eigenvalue weighted by Gasteiger charge is -2.22. The zero-order valence-electron chi connectivity index (χ0n) is 8.92. The number of aliphatic imine (C=N–C) groups is 1. The summed E-state index contributed by atoms with van der Waals surface area (Å²) < 4.78 is 0. The Hall–Kier alpha value is -1.14. The molecule has 1 aliphatic rings. The molecule has 4 heteroatoms. The number of terminal acetylenes is 1. The molecule has 0 amide bonds. The maximum Gasteiger partial charge on any atom is 0.229 e. The molecule has 1 fully saturated rings. The molecule has 0 aromatic carbocycles. The van der Waals surface area contributed by atoms with Crippen LogP contribution in [0.25, 0.3) is 0 Å². The van der Waals surface area contributed by atoms with Crippen LogP contribution < -0.4 is 5.73 Å². The molecule has 0 heterocycles. The molecule has 1 atom stereocenters. The molecule has 0 aliphatic heterocycles. The highest BCUT2D eigenvalue weighted by Crippen LogP contribution is 2.51. The van der Waals surface area contributed by atoms with Crippen molar-refractivity contribution in [3.63, 3.8) is 0 Å². The van der Waals surface area contributed by atoms with Crippen LogP contribution in [0.15, 0.2) is 15.9 Å². The monoisotopic (exact) mass is 226 g/mol. The molecule has 0 aromatic rings. The molecule has 0 bridgehead atoms. The maximum atomic E-state index is 9.62. The van der Waals surface area contributed by atoms with Crippen LogP contribution in [0, 0.1) is 23.7 Å². The number of allylic oxidation sites excluding steroid dienone is 1. The van der Waals surface area contributed by atoms with E-state index in [1.165, 1.54) is 0 Å². The molecule has 15 heavy (non-hydrogen) atoms. The Morgan fingerprint density at radius 3 is 2.53 bits per heavy atom. The van der Waals surface area contributed by atoms with E-state index in [2.05, 4.69) is 10.9 Å². The van der Waals surface area contributed by atoms with Gasteiger partial charge < -0.3 is 10.8 Å². The first kappa shape index (κ1) is 11.9. The summed E-state index contributed by atoms with van der Waals surface area (Å²) in [5.74, 6) is 2.95. The first-order valence-corrected chi connectivity index (χ1v) is 5.17.